The minimum Gasteiger partial charge on any atom is -0.383 e. The number of benzene rings is 1. The molecule has 1 heterocycles. The maximum atomic E-state index is 9.58. The Morgan fingerprint density at radius 1 is 1.13 bits per heavy atom. The Balaban J connectivity index is 2.83. The third kappa shape index (κ3) is 3.35. The summed E-state index contributed by atoms with van der Waals surface area (Å²) in [5.41, 5.74) is 1.34. The summed E-state index contributed by atoms with van der Waals surface area (Å²) >= 11 is 21.8. The fourth-order valence-corrected chi connectivity index (χ4v) is 3.87. The molecule has 0 radical (unpaired) electrons. The molecule has 1 aromatic heterocycles. The fourth-order valence-electron chi connectivity index (χ4n) is 2.22. The van der Waals surface area contributed by atoms with Gasteiger partial charge in [-0.2, -0.15) is 10.5 Å². The van der Waals surface area contributed by atoms with Crippen molar-refractivity contribution in [2.45, 2.75) is 6.54 Å². The second kappa shape index (κ2) is 7.57. The van der Waals surface area contributed by atoms with Crippen molar-refractivity contribution < 1.29 is 4.74 Å². The van der Waals surface area contributed by atoms with E-state index in [1.54, 1.807) is 11.7 Å². The summed E-state index contributed by atoms with van der Waals surface area (Å²) in [5.74, 6) is 0. The number of methoxy groups -OCH3 is 1. The van der Waals surface area contributed by atoms with E-state index < -0.39 is 0 Å². The number of rotatable bonds is 4. The first-order chi connectivity index (χ1) is 11.0. The van der Waals surface area contributed by atoms with Crippen molar-refractivity contribution in [3.8, 4) is 23.3 Å². The molecule has 0 fully saturated rings. The summed E-state index contributed by atoms with van der Waals surface area (Å²) < 4.78 is 7.18. The molecule has 0 amide bonds. The monoisotopic (exact) mass is 431 g/mol. The predicted octanol–water partition coefficient (Wildman–Crippen LogP) is 5.27. The zero-order valence-electron chi connectivity index (χ0n) is 11.8. The lowest BCUT2D eigenvalue weighted by atomic mass is 10.0. The Bertz CT molecular complexity index is 826. The highest BCUT2D eigenvalue weighted by molar-refractivity contribution is 9.10. The molecule has 8 heteroatoms. The minimum atomic E-state index is 0.270. The summed E-state index contributed by atoms with van der Waals surface area (Å²) in [6, 6.07) is 7.25. The number of aromatic nitrogens is 1. The second-order valence-corrected chi connectivity index (χ2v) is 6.50. The van der Waals surface area contributed by atoms with Gasteiger partial charge in [0.25, 0.3) is 0 Å². The van der Waals surface area contributed by atoms with Crippen molar-refractivity contribution in [3.63, 3.8) is 0 Å². The van der Waals surface area contributed by atoms with Gasteiger partial charge in [0, 0.05) is 29.8 Å². The third-order valence-corrected chi connectivity index (χ3v) is 4.83. The molecule has 1 aromatic carbocycles. The van der Waals surface area contributed by atoms with Gasteiger partial charge in [-0.1, -0.05) is 34.8 Å². The van der Waals surface area contributed by atoms with E-state index in [2.05, 4.69) is 28.1 Å². The van der Waals surface area contributed by atoms with Crippen LogP contribution in [0.5, 0.6) is 0 Å². The van der Waals surface area contributed by atoms with Gasteiger partial charge >= 0.3 is 0 Å². The van der Waals surface area contributed by atoms with E-state index in [4.69, 9.17) is 39.5 Å². The number of nitrogens with zero attached hydrogens (tertiary/aromatic N) is 3. The molecule has 4 nitrogen and oxygen atoms in total. The number of nitriles is 2. The van der Waals surface area contributed by atoms with E-state index in [1.807, 2.05) is 0 Å². The van der Waals surface area contributed by atoms with Crippen molar-refractivity contribution in [1.82, 2.24) is 4.57 Å². The van der Waals surface area contributed by atoms with Gasteiger partial charge in [0.2, 0.25) is 0 Å². The smallest absolute Gasteiger partial charge is 0.130 e. The summed E-state index contributed by atoms with van der Waals surface area (Å²) in [6.07, 6.45) is 0. The van der Waals surface area contributed by atoms with E-state index in [0.717, 1.165) is 0 Å². The van der Waals surface area contributed by atoms with E-state index in [-0.39, 0.29) is 21.3 Å². The molecule has 23 heavy (non-hydrogen) atoms. The van der Waals surface area contributed by atoms with Crippen LogP contribution in [0.1, 0.15) is 11.3 Å². The summed E-state index contributed by atoms with van der Waals surface area (Å²) in [4.78, 5) is 0. The molecule has 2 aromatic rings. The number of ether oxygens (including phenoxy) is 1. The van der Waals surface area contributed by atoms with Crippen LogP contribution in [0.15, 0.2) is 16.7 Å². The molecule has 118 valence electrons. The molecule has 0 aliphatic carbocycles. The molecule has 0 spiro atoms. The maximum absolute atomic E-state index is 9.58. The quantitative estimate of drug-likeness (QED) is 0.660. The highest BCUT2D eigenvalue weighted by atomic mass is 79.9. The molecule has 0 unspecified atom stereocenters. The van der Waals surface area contributed by atoms with E-state index in [9.17, 15) is 10.5 Å². The first kappa shape index (κ1) is 18.1. The molecule has 0 saturated carbocycles. The standard InChI is InChI=1S/C15H9BrCl3N3O/c1-23-3-2-22-12(7-21)13(9(6-20)15(22)16)14-10(18)4-8(17)5-11(14)19/h4-5H,2-3H2,1H3. The molecule has 0 N–H and O–H groups in total. The lowest BCUT2D eigenvalue weighted by Crippen LogP contribution is -2.06. The van der Waals surface area contributed by atoms with Crippen LogP contribution in [0.4, 0.5) is 0 Å². The van der Waals surface area contributed by atoms with Crippen LogP contribution < -0.4 is 0 Å². The topological polar surface area (TPSA) is 61.7 Å². The van der Waals surface area contributed by atoms with E-state index in [0.29, 0.717) is 33.9 Å². The Morgan fingerprint density at radius 2 is 1.74 bits per heavy atom. The molecular formula is C15H9BrCl3N3O. The molecule has 0 saturated heterocycles. The van der Waals surface area contributed by atoms with Gasteiger partial charge in [-0.15, -0.1) is 0 Å². The van der Waals surface area contributed by atoms with Crippen molar-refractivity contribution in [1.29, 1.82) is 10.5 Å². The Morgan fingerprint density at radius 3 is 2.22 bits per heavy atom. The number of hydrogen-bond donors (Lipinski definition) is 0. The first-order valence-electron chi connectivity index (χ1n) is 6.32. The molecular weight excluding hydrogens is 424 g/mol. The van der Waals surface area contributed by atoms with Crippen molar-refractivity contribution in [3.05, 3.63) is 43.1 Å². The number of hydrogen-bond acceptors (Lipinski definition) is 3. The maximum Gasteiger partial charge on any atom is 0.130 e. The lowest BCUT2D eigenvalue weighted by Gasteiger charge is -2.09. The summed E-state index contributed by atoms with van der Waals surface area (Å²) in [6.45, 7) is 0.784. The lowest BCUT2D eigenvalue weighted by molar-refractivity contribution is 0.186. The minimum absolute atomic E-state index is 0.270. The van der Waals surface area contributed by atoms with Crippen LogP contribution in [0.25, 0.3) is 11.1 Å². The van der Waals surface area contributed by atoms with Gasteiger partial charge < -0.3 is 9.30 Å². The largest absolute Gasteiger partial charge is 0.383 e. The van der Waals surface area contributed by atoms with Crippen LogP contribution in [0.2, 0.25) is 15.1 Å². The van der Waals surface area contributed by atoms with Crippen molar-refractivity contribution in [2.24, 2.45) is 0 Å². The highest BCUT2D eigenvalue weighted by Gasteiger charge is 2.26. The summed E-state index contributed by atoms with van der Waals surface area (Å²) in [5, 5.41) is 20.0. The van der Waals surface area contributed by atoms with E-state index in [1.165, 1.54) is 12.1 Å². The number of halogens is 4. The van der Waals surface area contributed by atoms with Crippen molar-refractivity contribution >= 4 is 50.7 Å². The van der Waals surface area contributed by atoms with E-state index >= 15 is 0 Å². The van der Waals surface area contributed by atoms with Crippen molar-refractivity contribution in [2.75, 3.05) is 13.7 Å². The average Bonchev–Trinajstić information content (AvgIpc) is 2.75. The SMILES string of the molecule is COCCn1c(Br)c(C#N)c(-c2c(Cl)cc(Cl)cc2Cl)c1C#N. The van der Waals surface area contributed by atoms with Crippen LogP contribution in [-0.4, -0.2) is 18.3 Å². The zero-order chi connectivity index (χ0) is 17.1. The average molecular weight is 434 g/mol. The second-order valence-electron chi connectivity index (χ2n) is 4.50. The van der Waals surface area contributed by atoms with Crippen LogP contribution >= 0.6 is 50.7 Å². The summed E-state index contributed by atoms with van der Waals surface area (Å²) in [7, 11) is 1.56. The van der Waals surface area contributed by atoms with Crippen LogP contribution in [-0.2, 0) is 11.3 Å². The third-order valence-electron chi connectivity index (χ3n) is 3.19. The zero-order valence-corrected chi connectivity index (χ0v) is 15.7. The van der Waals surface area contributed by atoms with Gasteiger partial charge in [0.15, 0.2) is 0 Å². The first-order valence-corrected chi connectivity index (χ1v) is 8.25. The molecule has 2 rings (SSSR count). The molecule has 0 aliphatic heterocycles. The Hall–Kier alpha value is -1.21. The van der Waals surface area contributed by atoms with Gasteiger partial charge in [0.1, 0.15) is 22.4 Å². The van der Waals surface area contributed by atoms with Crippen LogP contribution in [0, 0.1) is 22.7 Å². The Labute approximate surface area is 156 Å². The van der Waals surface area contributed by atoms with Gasteiger partial charge in [-0.3, -0.25) is 0 Å². The van der Waals surface area contributed by atoms with Gasteiger partial charge in [-0.05, 0) is 28.1 Å². The fraction of sp³-hybridized carbons (Fsp3) is 0.200. The Kier molecular flexibility index (Phi) is 5.97. The highest BCUT2D eigenvalue weighted by Crippen LogP contribution is 2.43. The van der Waals surface area contributed by atoms with Gasteiger partial charge in [-0.25, -0.2) is 0 Å². The van der Waals surface area contributed by atoms with Crippen LogP contribution in [0.3, 0.4) is 0 Å². The normalized spacial score (nSPS) is 10.4. The van der Waals surface area contributed by atoms with Gasteiger partial charge in [0.05, 0.1) is 22.2 Å². The predicted molar refractivity (Wildman–Crippen MR) is 93.9 cm³/mol. The molecule has 0 aliphatic rings. The molecule has 0 bridgehead atoms. The molecule has 0 atom stereocenters.